The van der Waals surface area contributed by atoms with E-state index in [1.54, 1.807) is 24.8 Å². The largest absolute Gasteiger partial charge is 0.350 e. The van der Waals surface area contributed by atoms with Crippen molar-refractivity contribution in [2.24, 2.45) is 0 Å². The average Bonchev–Trinajstić information content (AvgIpc) is 3.13. The molecule has 1 N–H and O–H groups in total. The van der Waals surface area contributed by atoms with Crippen LogP contribution in [0.4, 0.5) is 0 Å². The summed E-state index contributed by atoms with van der Waals surface area (Å²) in [5, 5.41) is 4.16. The van der Waals surface area contributed by atoms with Crippen molar-refractivity contribution in [1.82, 2.24) is 24.4 Å². The van der Waals surface area contributed by atoms with Crippen LogP contribution in [0.15, 0.2) is 37.2 Å². The Bertz CT molecular complexity index is 822. The lowest BCUT2D eigenvalue weighted by Crippen LogP contribution is -2.26. The number of hydrogen-bond donors (Lipinski definition) is 1. The van der Waals surface area contributed by atoms with Crippen LogP contribution < -0.4 is 5.32 Å². The van der Waals surface area contributed by atoms with Gasteiger partial charge >= 0.3 is 0 Å². The molecule has 3 rings (SSSR count). The molecular formula is C16H18ClN5O. The number of pyridine rings is 1. The van der Waals surface area contributed by atoms with Gasteiger partial charge < -0.3 is 14.5 Å². The number of rotatable bonds is 5. The summed E-state index contributed by atoms with van der Waals surface area (Å²) in [6.07, 6.45) is 8.82. The smallest absolute Gasteiger partial charge is 0.253 e. The van der Waals surface area contributed by atoms with Crippen LogP contribution in [-0.4, -0.2) is 31.6 Å². The van der Waals surface area contributed by atoms with Crippen molar-refractivity contribution < 1.29 is 4.79 Å². The van der Waals surface area contributed by atoms with E-state index >= 15 is 0 Å². The first-order valence-electron chi connectivity index (χ1n) is 7.46. The maximum absolute atomic E-state index is 12.5. The Morgan fingerprint density at radius 3 is 2.96 bits per heavy atom. The fourth-order valence-electron chi connectivity index (χ4n) is 2.54. The van der Waals surface area contributed by atoms with Gasteiger partial charge in [-0.15, -0.1) is 0 Å². The van der Waals surface area contributed by atoms with Crippen molar-refractivity contribution in [3.8, 4) is 0 Å². The van der Waals surface area contributed by atoms with E-state index in [2.05, 4.69) is 29.1 Å². The third-order valence-corrected chi connectivity index (χ3v) is 3.91. The van der Waals surface area contributed by atoms with E-state index in [0.29, 0.717) is 23.8 Å². The van der Waals surface area contributed by atoms with Gasteiger partial charge in [-0.25, -0.2) is 9.97 Å². The van der Waals surface area contributed by atoms with Crippen molar-refractivity contribution in [2.75, 3.05) is 6.54 Å². The summed E-state index contributed by atoms with van der Waals surface area (Å²) in [6, 6.07) is 2.02. The molecule has 0 aliphatic carbocycles. The monoisotopic (exact) mass is 331 g/mol. The number of imidazole rings is 1. The van der Waals surface area contributed by atoms with Gasteiger partial charge in [0.25, 0.3) is 5.91 Å². The summed E-state index contributed by atoms with van der Waals surface area (Å²) in [4.78, 5) is 20.6. The maximum atomic E-state index is 12.5. The minimum absolute atomic E-state index is 0.112. The molecule has 120 valence electrons. The predicted molar refractivity (Wildman–Crippen MR) is 89.7 cm³/mol. The highest BCUT2D eigenvalue weighted by molar-refractivity contribution is 6.30. The van der Waals surface area contributed by atoms with Gasteiger partial charge in [-0.2, -0.15) is 0 Å². The van der Waals surface area contributed by atoms with Gasteiger partial charge in [0.2, 0.25) is 0 Å². The lowest BCUT2D eigenvalue weighted by atomic mass is 10.2. The number of nitrogens with zero attached hydrogens (tertiary/aromatic N) is 4. The van der Waals surface area contributed by atoms with Crippen LogP contribution in [0.3, 0.4) is 0 Å². The van der Waals surface area contributed by atoms with Crippen molar-refractivity contribution in [3.05, 3.63) is 47.9 Å². The van der Waals surface area contributed by atoms with Crippen LogP contribution in [0.2, 0.25) is 5.15 Å². The number of carbonyl (C=O) groups excluding carboxylic acids is 1. The minimum Gasteiger partial charge on any atom is -0.350 e. The second kappa shape index (κ2) is 6.42. The van der Waals surface area contributed by atoms with Gasteiger partial charge in [-0.3, -0.25) is 4.79 Å². The van der Waals surface area contributed by atoms with E-state index in [4.69, 9.17) is 11.6 Å². The van der Waals surface area contributed by atoms with Crippen LogP contribution in [0.1, 0.15) is 30.2 Å². The molecule has 3 heterocycles. The van der Waals surface area contributed by atoms with Crippen LogP contribution in [-0.2, 0) is 6.54 Å². The number of fused-ring (bicyclic) bond motifs is 1. The molecule has 0 fully saturated rings. The van der Waals surface area contributed by atoms with Gasteiger partial charge in [-0.1, -0.05) is 11.6 Å². The minimum atomic E-state index is -0.112. The molecule has 0 saturated carbocycles. The zero-order valence-corrected chi connectivity index (χ0v) is 13.8. The molecule has 23 heavy (non-hydrogen) atoms. The molecule has 0 atom stereocenters. The van der Waals surface area contributed by atoms with E-state index in [9.17, 15) is 4.79 Å². The second-order valence-corrected chi connectivity index (χ2v) is 6.01. The third kappa shape index (κ3) is 3.22. The highest BCUT2D eigenvalue weighted by Crippen LogP contribution is 2.26. The van der Waals surface area contributed by atoms with Crippen molar-refractivity contribution in [1.29, 1.82) is 0 Å². The highest BCUT2D eigenvalue weighted by Gasteiger charge is 2.17. The molecule has 0 bridgehead atoms. The van der Waals surface area contributed by atoms with Crippen molar-refractivity contribution in [3.63, 3.8) is 0 Å². The van der Waals surface area contributed by atoms with E-state index in [1.165, 1.54) is 0 Å². The first-order valence-corrected chi connectivity index (χ1v) is 7.84. The first-order chi connectivity index (χ1) is 11.1. The fraction of sp³-hybridized carbons (Fsp3) is 0.312. The zero-order chi connectivity index (χ0) is 16.4. The Hall–Kier alpha value is -2.34. The van der Waals surface area contributed by atoms with Crippen LogP contribution in [0.25, 0.3) is 10.9 Å². The second-order valence-electron chi connectivity index (χ2n) is 5.62. The summed E-state index contributed by atoms with van der Waals surface area (Å²) in [7, 11) is 0. The maximum Gasteiger partial charge on any atom is 0.253 e. The quantitative estimate of drug-likeness (QED) is 0.731. The number of amides is 1. The molecule has 0 radical (unpaired) electrons. The van der Waals surface area contributed by atoms with Gasteiger partial charge in [-0.05, 0) is 19.9 Å². The highest BCUT2D eigenvalue weighted by atomic mass is 35.5. The molecule has 6 nitrogen and oxygen atoms in total. The number of nitrogens with one attached hydrogen (secondary N) is 1. The Morgan fingerprint density at radius 1 is 1.43 bits per heavy atom. The van der Waals surface area contributed by atoms with Gasteiger partial charge in [0, 0.05) is 49.3 Å². The molecule has 0 saturated heterocycles. The Balaban J connectivity index is 1.82. The standard InChI is InChI=1S/C16H18ClN5O/c1-11(2)22-9-13(12-8-20-15(17)7-14(12)22)16(23)19-4-6-21-5-3-18-10-21/h3,5,7-11H,4,6H2,1-2H3,(H,19,23). The average molecular weight is 332 g/mol. The Kier molecular flexibility index (Phi) is 4.34. The lowest BCUT2D eigenvalue weighted by Gasteiger charge is -2.08. The van der Waals surface area contributed by atoms with Gasteiger partial charge in [0.05, 0.1) is 17.4 Å². The van der Waals surface area contributed by atoms with Crippen LogP contribution in [0.5, 0.6) is 0 Å². The fourth-order valence-corrected chi connectivity index (χ4v) is 2.69. The van der Waals surface area contributed by atoms with Crippen molar-refractivity contribution in [2.45, 2.75) is 26.4 Å². The number of aromatic nitrogens is 4. The molecule has 3 aromatic heterocycles. The first kappa shape index (κ1) is 15.6. The summed E-state index contributed by atoms with van der Waals surface area (Å²) in [6.45, 7) is 5.34. The Labute approximate surface area is 139 Å². The Morgan fingerprint density at radius 2 is 2.26 bits per heavy atom. The number of hydrogen-bond acceptors (Lipinski definition) is 3. The molecular weight excluding hydrogens is 314 g/mol. The molecule has 1 amide bonds. The van der Waals surface area contributed by atoms with Gasteiger partial charge in [0.15, 0.2) is 0 Å². The van der Waals surface area contributed by atoms with Gasteiger partial charge in [0.1, 0.15) is 5.15 Å². The molecule has 7 heteroatoms. The van der Waals surface area contributed by atoms with E-state index < -0.39 is 0 Å². The lowest BCUT2D eigenvalue weighted by molar-refractivity contribution is 0.0953. The molecule has 3 aromatic rings. The van der Waals surface area contributed by atoms with Crippen LogP contribution in [0, 0.1) is 0 Å². The number of halogens is 1. The van der Waals surface area contributed by atoms with E-state index in [0.717, 1.165) is 10.9 Å². The molecule has 0 aliphatic rings. The third-order valence-electron chi connectivity index (χ3n) is 3.70. The molecule has 0 spiro atoms. The summed E-state index contributed by atoms with van der Waals surface area (Å²) < 4.78 is 3.95. The van der Waals surface area contributed by atoms with E-state index in [1.807, 2.05) is 21.5 Å². The zero-order valence-electron chi connectivity index (χ0n) is 13.0. The summed E-state index contributed by atoms with van der Waals surface area (Å²) in [5.41, 5.74) is 1.53. The molecule has 0 unspecified atom stereocenters. The van der Waals surface area contributed by atoms with Crippen molar-refractivity contribution >= 4 is 28.4 Å². The summed E-state index contributed by atoms with van der Waals surface area (Å²) in [5.74, 6) is -0.112. The van der Waals surface area contributed by atoms with E-state index in [-0.39, 0.29) is 11.9 Å². The molecule has 0 aliphatic heterocycles. The SMILES string of the molecule is CC(C)n1cc(C(=O)NCCn2ccnc2)c2cnc(Cl)cc21. The normalized spacial score (nSPS) is 11.3. The summed E-state index contributed by atoms with van der Waals surface area (Å²) >= 11 is 5.99. The molecule has 0 aromatic carbocycles. The topological polar surface area (TPSA) is 64.7 Å². The predicted octanol–water partition coefficient (Wildman–Crippen LogP) is 2.90. The number of carbonyl (C=O) groups is 1. The van der Waals surface area contributed by atoms with Crippen LogP contribution >= 0.6 is 11.6 Å².